The molecule has 20 heavy (non-hydrogen) atoms. The molecule has 1 fully saturated rings. The molecule has 0 aliphatic carbocycles. The van der Waals surface area contributed by atoms with Gasteiger partial charge in [-0.05, 0) is 35.3 Å². The largest absolute Gasteiger partial charge is 0.343 e. The van der Waals surface area contributed by atoms with Gasteiger partial charge in [-0.15, -0.1) is 0 Å². The molecule has 0 spiro atoms. The Morgan fingerprint density at radius 2 is 2.00 bits per heavy atom. The molecule has 2 amide bonds. The average molecular weight is 347 g/mol. The summed E-state index contributed by atoms with van der Waals surface area (Å²) in [6.45, 7) is 3.24. The quantitative estimate of drug-likeness (QED) is 0.893. The van der Waals surface area contributed by atoms with Crippen molar-refractivity contribution in [3.05, 3.63) is 28.2 Å². The lowest BCUT2D eigenvalue weighted by Crippen LogP contribution is -2.62. The molecular formula is C13H13BrF2N2O2. The highest BCUT2D eigenvalue weighted by Gasteiger charge is 2.40. The number of amides is 2. The standard InChI is InChI=1S/C13H13BrF2N2O2/c1-3-10-13(20)18(6(2)12(19)17-10)11-8(14)4-7(15)5-9(11)16/h4-6,10H,3H2,1-2H3,(H,17,19). The van der Waals surface area contributed by atoms with Crippen LogP contribution in [0.25, 0.3) is 0 Å². The van der Waals surface area contributed by atoms with E-state index < -0.39 is 29.6 Å². The Hall–Kier alpha value is -1.50. The van der Waals surface area contributed by atoms with Gasteiger partial charge in [0.2, 0.25) is 11.8 Å². The third-order valence-corrected chi connectivity index (χ3v) is 3.85. The molecule has 1 aromatic rings. The zero-order valence-electron chi connectivity index (χ0n) is 10.9. The number of hydrogen-bond acceptors (Lipinski definition) is 2. The number of benzene rings is 1. The molecule has 0 bridgehead atoms. The molecule has 2 unspecified atom stereocenters. The minimum atomic E-state index is -0.887. The Morgan fingerprint density at radius 1 is 1.35 bits per heavy atom. The Morgan fingerprint density at radius 3 is 2.55 bits per heavy atom. The number of nitrogens with zero attached hydrogens (tertiary/aromatic N) is 1. The molecule has 1 heterocycles. The summed E-state index contributed by atoms with van der Waals surface area (Å²) in [4.78, 5) is 25.3. The van der Waals surface area contributed by atoms with Crippen LogP contribution in [-0.2, 0) is 9.59 Å². The lowest BCUT2D eigenvalue weighted by molar-refractivity contribution is -0.133. The van der Waals surface area contributed by atoms with Crippen LogP contribution < -0.4 is 10.2 Å². The molecule has 1 aliphatic heterocycles. The number of carbonyl (C=O) groups excluding carboxylic acids is 2. The van der Waals surface area contributed by atoms with Gasteiger partial charge < -0.3 is 5.32 Å². The summed E-state index contributed by atoms with van der Waals surface area (Å²) >= 11 is 3.04. The smallest absolute Gasteiger partial charge is 0.250 e. The zero-order chi connectivity index (χ0) is 15.0. The number of carbonyl (C=O) groups is 2. The zero-order valence-corrected chi connectivity index (χ0v) is 12.5. The predicted octanol–water partition coefficient (Wildman–Crippen LogP) is 2.36. The highest BCUT2D eigenvalue weighted by molar-refractivity contribution is 9.10. The molecule has 0 saturated carbocycles. The van der Waals surface area contributed by atoms with Crippen LogP contribution in [0, 0.1) is 11.6 Å². The third-order valence-electron chi connectivity index (χ3n) is 3.25. The molecule has 1 saturated heterocycles. The van der Waals surface area contributed by atoms with Gasteiger partial charge in [0.15, 0.2) is 5.82 Å². The Bertz CT molecular complexity index is 556. The first-order chi connectivity index (χ1) is 9.36. The molecule has 1 N–H and O–H groups in total. The van der Waals surface area contributed by atoms with E-state index in [4.69, 9.17) is 0 Å². The van der Waals surface area contributed by atoms with Crippen molar-refractivity contribution in [2.75, 3.05) is 4.90 Å². The van der Waals surface area contributed by atoms with Gasteiger partial charge in [0.25, 0.3) is 0 Å². The van der Waals surface area contributed by atoms with E-state index in [1.54, 1.807) is 6.92 Å². The number of nitrogens with one attached hydrogen (secondary N) is 1. The van der Waals surface area contributed by atoms with Crippen molar-refractivity contribution < 1.29 is 18.4 Å². The second-order valence-electron chi connectivity index (χ2n) is 4.57. The van der Waals surface area contributed by atoms with Gasteiger partial charge in [-0.1, -0.05) is 6.92 Å². The summed E-state index contributed by atoms with van der Waals surface area (Å²) in [5, 5.41) is 2.57. The summed E-state index contributed by atoms with van der Waals surface area (Å²) in [7, 11) is 0. The maximum absolute atomic E-state index is 14.0. The normalized spacial score (nSPS) is 22.9. The van der Waals surface area contributed by atoms with Crippen LogP contribution in [0.3, 0.4) is 0 Å². The van der Waals surface area contributed by atoms with Gasteiger partial charge in [-0.3, -0.25) is 14.5 Å². The first-order valence-corrected chi connectivity index (χ1v) is 6.94. The lowest BCUT2D eigenvalue weighted by atomic mass is 10.0. The maximum Gasteiger partial charge on any atom is 0.250 e. The first kappa shape index (κ1) is 14.9. The molecule has 1 aromatic carbocycles. The maximum atomic E-state index is 14.0. The molecule has 1 aliphatic rings. The van der Waals surface area contributed by atoms with Crippen LogP contribution in [0.1, 0.15) is 20.3 Å². The van der Waals surface area contributed by atoms with Crippen molar-refractivity contribution in [2.24, 2.45) is 0 Å². The second-order valence-corrected chi connectivity index (χ2v) is 5.43. The number of rotatable bonds is 2. The number of halogens is 3. The fourth-order valence-electron chi connectivity index (χ4n) is 2.18. The van der Waals surface area contributed by atoms with Gasteiger partial charge in [-0.25, -0.2) is 8.78 Å². The van der Waals surface area contributed by atoms with Crippen molar-refractivity contribution >= 4 is 33.4 Å². The van der Waals surface area contributed by atoms with E-state index >= 15 is 0 Å². The molecule has 108 valence electrons. The van der Waals surface area contributed by atoms with E-state index in [-0.39, 0.29) is 16.1 Å². The Labute approximate surface area is 123 Å². The van der Waals surface area contributed by atoms with E-state index in [1.807, 2.05) is 0 Å². The van der Waals surface area contributed by atoms with Crippen LogP contribution in [0.5, 0.6) is 0 Å². The fourth-order valence-corrected chi connectivity index (χ4v) is 2.77. The number of anilines is 1. The van der Waals surface area contributed by atoms with Crippen LogP contribution in [0.2, 0.25) is 0 Å². The minimum absolute atomic E-state index is 0.0970. The first-order valence-electron chi connectivity index (χ1n) is 6.14. The molecule has 7 heteroatoms. The van der Waals surface area contributed by atoms with Gasteiger partial charge in [-0.2, -0.15) is 0 Å². The van der Waals surface area contributed by atoms with E-state index in [0.29, 0.717) is 12.5 Å². The average Bonchev–Trinajstić information content (AvgIpc) is 2.36. The molecule has 2 atom stereocenters. The number of hydrogen-bond donors (Lipinski definition) is 1. The van der Waals surface area contributed by atoms with E-state index in [9.17, 15) is 18.4 Å². The van der Waals surface area contributed by atoms with Crippen molar-refractivity contribution in [3.63, 3.8) is 0 Å². The van der Waals surface area contributed by atoms with Crippen LogP contribution in [0.15, 0.2) is 16.6 Å². The highest BCUT2D eigenvalue weighted by Crippen LogP contribution is 2.33. The van der Waals surface area contributed by atoms with E-state index in [2.05, 4.69) is 21.2 Å². The fraction of sp³-hybridized carbons (Fsp3) is 0.385. The van der Waals surface area contributed by atoms with Crippen molar-refractivity contribution in [2.45, 2.75) is 32.4 Å². The molecule has 0 radical (unpaired) electrons. The summed E-state index contributed by atoms with van der Waals surface area (Å²) in [5.74, 6) is -2.42. The van der Waals surface area contributed by atoms with Crippen molar-refractivity contribution in [1.29, 1.82) is 0 Å². The van der Waals surface area contributed by atoms with Crippen LogP contribution in [-0.4, -0.2) is 23.9 Å². The van der Waals surface area contributed by atoms with Gasteiger partial charge >= 0.3 is 0 Å². The topological polar surface area (TPSA) is 49.4 Å². The molecule has 2 rings (SSSR count). The van der Waals surface area contributed by atoms with Crippen molar-refractivity contribution in [1.82, 2.24) is 5.32 Å². The number of piperazine rings is 1. The van der Waals surface area contributed by atoms with Crippen molar-refractivity contribution in [3.8, 4) is 0 Å². The summed E-state index contributed by atoms with van der Waals surface area (Å²) in [5.41, 5.74) is -0.114. The SMILES string of the molecule is CCC1NC(=O)C(C)N(c2c(F)cc(F)cc2Br)C1=O. The summed E-state index contributed by atoms with van der Waals surface area (Å²) < 4.78 is 27.2. The Kier molecular flexibility index (Phi) is 4.08. The third kappa shape index (κ3) is 2.42. The highest BCUT2D eigenvalue weighted by atomic mass is 79.9. The predicted molar refractivity (Wildman–Crippen MR) is 73.2 cm³/mol. The van der Waals surface area contributed by atoms with E-state index in [1.165, 1.54) is 6.92 Å². The monoisotopic (exact) mass is 346 g/mol. The van der Waals surface area contributed by atoms with Gasteiger partial charge in [0, 0.05) is 10.5 Å². The van der Waals surface area contributed by atoms with Crippen LogP contribution >= 0.6 is 15.9 Å². The van der Waals surface area contributed by atoms with Crippen LogP contribution in [0.4, 0.5) is 14.5 Å². The molecule has 0 aromatic heterocycles. The molecular weight excluding hydrogens is 334 g/mol. The van der Waals surface area contributed by atoms with Gasteiger partial charge in [0.05, 0.1) is 5.69 Å². The minimum Gasteiger partial charge on any atom is -0.343 e. The van der Waals surface area contributed by atoms with E-state index in [0.717, 1.165) is 11.0 Å². The van der Waals surface area contributed by atoms with Gasteiger partial charge in [0.1, 0.15) is 17.9 Å². The lowest BCUT2D eigenvalue weighted by Gasteiger charge is -2.37. The summed E-state index contributed by atoms with van der Waals surface area (Å²) in [6.07, 6.45) is 0.397. The Balaban J connectivity index is 2.54. The molecule has 4 nitrogen and oxygen atoms in total. The summed E-state index contributed by atoms with van der Waals surface area (Å²) in [6, 6.07) is 0.191. The second kappa shape index (κ2) is 5.47.